The Morgan fingerprint density at radius 1 is 1.10 bits per heavy atom. The van der Waals surface area contributed by atoms with Crippen LogP contribution in [0.2, 0.25) is 0 Å². The fourth-order valence-corrected chi connectivity index (χ4v) is 2.87. The lowest BCUT2D eigenvalue weighted by molar-refractivity contribution is -0.111. The summed E-state index contributed by atoms with van der Waals surface area (Å²) in [6, 6.07) is 1.36. The molecule has 5 nitrogen and oxygen atoms in total. The predicted octanol–water partition coefficient (Wildman–Crippen LogP) is 1.28. The third-order valence-corrected chi connectivity index (χ3v) is 3.84. The standard InChI is InChI=1S/C15H16N2O3/c1-9-7-11(18)13-14(16-9)10(8-12(19)15(13)20)17-5-3-2-4-6-17/h7-8H,2-6H2,1H3,(H,16,18). The number of piperidine rings is 1. The lowest BCUT2D eigenvalue weighted by Gasteiger charge is -2.32. The van der Waals surface area contributed by atoms with Gasteiger partial charge in [0.2, 0.25) is 11.6 Å². The average Bonchev–Trinajstić information content (AvgIpc) is 2.43. The minimum Gasteiger partial charge on any atom is -0.370 e. The van der Waals surface area contributed by atoms with Crippen molar-refractivity contribution < 1.29 is 9.59 Å². The zero-order valence-corrected chi connectivity index (χ0v) is 11.4. The molecule has 5 heteroatoms. The van der Waals surface area contributed by atoms with Crippen molar-refractivity contribution in [1.29, 1.82) is 0 Å². The van der Waals surface area contributed by atoms with E-state index in [2.05, 4.69) is 9.88 Å². The maximum absolute atomic E-state index is 12.0. The largest absolute Gasteiger partial charge is 0.370 e. The number of rotatable bonds is 1. The number of Topliss-reactive ketones (excluding diaryl/α,β-unsaturated/α-hetero) is 1. The lowest BCUT2D eigenvalue weighted by Crippen LogP contribution is -2.35. The quantitative estimate of drug-likeness (QED) is 0.782. The van der Waals surface area contributed by atoms with Crippen molar-refractivity contribution in [1.82, 2.24) is 9.88 Å². The lowest BCUT2D eigenvalue weighted by atomic mass is 9.94. The minimum absolute atomic E-state index is 0.0105. The molecule has 2 heterocycles. The van der Waals surface area contributed by atoms with Crippen molar-refractivity contribution in [3.63, 3.8) is 0 Å². The minimum atomic E-state index is -0.706. The third-order valence-electron chi connectivity index (χ3n) is 3.84. The first-order chi connectivity index (χ1) is 9.58. The van der Waals surface area contributed by atoms with Gasteiger partial charge in [-0.3, -0.25) is 14.4 Å². The number of ketones is 2. The van der Waals surface area contributed by atoms with Gasteiger partial charge in [-0.15, -0.1) is 0 Å². The number of aromatic amines is 1. The number of carbonyl (C=O) groups excluding carboxylic acids is 2. The molecule has 20 heavy (non-hydrogen) atoms. The number of H-pyrrole nitrogens is 1. The monoisotopic (exact) mass is 272 g/mol. The second-order valence-electron chi connectivity index (χ2n) is 5.34. The molecule has 0 radical (unpaired) electrons. The van der Waals surface area contributed by atoms with Crippen LogP contribution in [0.3, 0.4) is 0 Å². The molecule has 1 aromatic heterocycles. The highest BCUT2D eigenvalue weighted by molar-refractivity contribution is 6.50. The molecular weight excluding hydrogens is 256 g/mol. The maximum atomic E-state index is 12.0. The summed E-state index contributed by atoms with van der Waals surface area (Å²) in [5.41, 5.74) is 1.49. The fourth-order valence-electron chi connectivity index (χ4n) is 2.87. The van der Waals surface area contributed by atoms with Gasteiger partial charge in [0, 0.05) is 30.9 Å². The van der Waals surface area contributed by atoms with Crippen molar-refractivity contribution in [3.05, 3.63) is 39.3 Å². The van der Waals surface area contributed by atoms with Gasteiger partial charge >= 0.3 is 0 Å². The molecule has 1 N–H and O–H groups in total. The Labute approximate surface area is 116 Å². The Bertz CT molecular complexity index is 679. The number of aromatic nitrogens is 1. The van der Waals surface area contributed by atoms with Gasteiger partial charge in [0.05, 0.1) is 17.0 Å². The van der Waals surface area contributed by atoms with Gasteiger partial charge in [0.15, 0.2) is 5.43 Å². The van der Waals surface area contributed by atoms with E-state index < -0.39 is 11.6 Å². The van der Waals surface area contributed by atoms with Crippen molar-refractivity contribution in [3.8, 4) is 0 Å². The second-order valence-corrected chi connectivity index (χ2v) is 5.34. The van der Waals surface area contributed by atoms with Crippen LogP contribution in [0.25, 0.3) is 5.70 Å². The molecule has 0 unspecified atom stereocenters. The Balaban J connectivity index is 2.17. The maximum Gasteiger partial charge on any atom is 0.239 e. The van der Waals surface area contributed by atoms with Crippen molar-refractivity contribution in [2.45, 2.75) is 26.2 Å². The summed E-state index contributed by atoms with van der Waals surface area (Å²) in [6.07, 6.45) is 4.66. The number of hydrogen-bond acceptors (Lipinski definition) is 4. The van der Waals surface area contributed by atoms with Gasteiger partial charge in [-0.2, -0.15) is 0 Å². The van der Waals surface area contributed by atoms with Crippen LogP contribution in [0.4, 0.5) is 0 Å². The molecule has 1 saturated heterocycles. The summed E-state index contributed by atoms with van der Waals surface area (Å²) >= 11 is 0. The van der Waals surface area contributed by atoms with E-state index in [4.69, 9.17) is 0 Å². The molecule has 1 fully saturated rings. The first kappa shape index (κ1) is 12.8. The summed E-state index contributed by atoms with van der Waals surface area (Å²) in [5, 5.41) is 0. The molecular formula is C15H16N2O3. The molecule has 1 aromatic rings. The number of fused-ring (bicyclic) bond motifs is 1. The zero-order valence-electron chi connectivity index (χ0n) is 11.4. The van der Waals surface area contributed by atoms with E-state index in [1.807, 2.05) is 0 Å². The van der Waals surface area contributed by atoms with Crippen LogP contribution in [0.1, 0.15) is 41.0 Å². The Kier molecular flexibility index (Phi) is 3.04. The van der Waals surface area contributed by atoms with Crippen LogP contribution in [-0.2, 0) is 4.79 Å². The summed E-state index contributed by atoms with van der Waals surface area (Å²) in [4.78, 5) is 41.0. The van der Waals surface area contributed by atoms with E-state index in [0.29, 0.717) is 17.1 Å². The number of nitrogens with one attached hydrogen (secondary N) is 1. The molecule has 0 spiro atoms. The number of likely N-dealkylation sites (tertiary alicyclic amines) is 1. The van der Waals surface area contributed by atoms with E-state index in [9.17, 15) is 14.4 Å². The highest BCUT2D eigenvalue weighted by Crippen LogP contribution is 2.27. The first-order valence-electron chi connectivity index (χ1n) is 6.87. The summed E-state index contributed by atoms with van der Waals surface area (Å²) in [7, 11) is 0. The SMILES string of the molecule is Cc1cc(=O)c2c([nH]1)C(N1CCCCC1)=CC(=O)C2=O. The van der Waals surface area contributed by atoms with E-state index in [1.54, 1.807) is 6.92 Å². The van der Waals surface area contributed by atoms with Gasteiger partial charge in [-0.05, 0) is 26.2 Å². The fraction of sp³-hybridized carbons (Fsp3) is 0.400. The summed E-state index contributed by atoms with van der Waals surface area (Å²) < 4.78 is 0. The Morgan fingerprint density at radius 3 is 2.50 bits per heavy atom. The van der Waals surface area contributed by atoms with Crippen molar-refractivity contribution in [2.24, 2.45) is 0 Å². The van der Waals surface area contributed by atoms with Crippen molar-refractivity contribution in [2.75, 3.05) is 13.1 Å². The van der Waals surface area contributed by atoms with E-state index in [1.165, 1.54) is 18.6 Å². The number of carbonyl (C=O) groups is 2. The van der Waals surface area contributed by atoms with Gasteiger partial charge in [-0.1, -0.05) is 0 Å². The van der Waals surface area contributed by atoms with Crippen molar-refractivity contribution >= 4 is 17.3 Å². The molecule has 2 aliphatic rings. The number of aryl methyl sites for hydroxylation is 1. The molecule has 104 valence electrons. The topological polar surface area (TPSA) is 70.2 Å². The van der Waals surface area contributed by atoms with E-state index in [-0.39, 0.29) is 11.0 Å². The molecule has 1 aliphatic carbocycles. The van der Waals surface area contributed by atoms with Gasteiger partial charge in [-0.25, -0.2) is 0 Å². The smallest absolute Gasteiger partial charge is 0.239 e. The zero-order chi connectivity index (χ0) is 14.3. The molecule has 0 atom stereocenters. The van der Waals surface area contributed by atoms with Gasteiger partial charge in [0.1, 0.15) is 0 Å². The van der Waals surface area contributed by atoms with Crippen LogP contribution < -0.4 is 5.43 Å². The highest BCUT2D eigenvalue weighted by atomic mass is 16.2. The Morgan fingerprint density at radius 2 is 1.80 bits per heavy atom. The number of pyridine rings is 1. The van der Waals surface area contributed by atoms with Gasteiger partial charge in [0.25, 0.3) is 0 Å². The Hall–Kier alpha value is -2.17. The average molecular weight is 272 g/mol. The summed E-state index contributed by atoms with van der Waals surface area (Å²) in [6.45, 7) is 3.47. The summed E-state index contributed by atoms with van der Waals surface area (Å²) in [5.74, 6) is -1.31. The molecule has 0 amide bonds. The van der Waals surface area contributed by atoms with Crippen LogP contribution in [0.15, 0.2) is 16.9 Å². The van der Waals surface area contributed by atoms with E-state index >= 15 is 0 Å². The van der Waals surface area contributed by atoms with Crippen LogP contribution in [0.5, 0.6) is 0 Å². The molecule has 0 saturated carbocycles. The first-order valence-corrected chi connectivity index (χ1v) is 6.87. The van der Waals surface area contributed by atoms with Gasteiger partial charge < -0.3 is 9.88 Å². The predicted molar refractivity (Wildman–Crippen MR) is 74.5 cm³/mol. The number of allylic oxidation sites excluding steroid dienone is 1. The highest BCUT2D eigenvalue weighted by Gasteiger charge is 2.31. The van der Waals surface area contributed by atoms with Crippen LogP contribution >= 0.6 is 0 Å². The molecule has 3 rings (SSSR count). The molecule has 0 bridgehead atoms. The number of nitrogens with zero attached hydrogens (tertiary/aromatic N) is 1. The normalized spacial score (nSPS) is 18.9. The van der Waals surface area contributed by atoms with E-state index in [0.717, 1.165) is 25.9 Å². The number of hydrogen-bond donors (Lipinski definition) is 1. The molecule has 1 aliphatic heterocycles. The van der Waals surface area contributed by atoms with Crippen LogP contribution in [0, 0.1) is 6.92 Å². The second kappa shape index (κ2) is 4.74. The third kappa shape index (κ3) is 1.99. The molecule has 0 aromatic carbocycles. The van der Waals surface area contributed by atoms with Crippen LogP contribution in [-0.4, -0.2) is 34.5 Å².